The Bertz CT molecular complexity index is 1090. The van der Waals surface area contributed by atoms with Crippen molar-refractivity contribution >= 4 is 24.4 Å². The fraction of sp³-hybridized carbons (Fsp3) is 0.679. The van der Waals surface area contributed by atoms with Crippen molar-refractivity contribution < 1.29 is 18.8 Å². The van der Waals surface area contributed by atoms with Gasteiger partial charge in [-0.25, -0.2) is 4.79 Å². The predicted molar refractivity (Wildman–Crippen MR) is 142 cm³/mol. The van der Waals surface area contributed by atoms with Gasteiger partial charge in [0.15, 0.2) is 0 Å². The molecule has 8 heteroatoms. The van der Waals surface area contributed by atoms with Crippen LogP contribution in [0.3, 0.4) is 0 Å². The van der Waals surface area contributed by atoms with Crippen LogP contribution in [0.15, 0.2) is 17.6 Å². The summed E-state index contributed by atoms with van der Waals surface area (Å²) in [6, 6.07) is 4.26. The van der Waals surface area contributed by atoms with Gasteiger partial charge in [-0.1, -0.05) is 39.3 Å². The van der Waals surface area contributed by atoms with Crippen molar-refractivity contribution in [2.45, 2.75) is 97.6 Å². The molecular formula is C28H39BN2O4S. The van der Waals surface area contributed by atoms with Crippen LogP contribution in [0.5, 0.6) is 0 Å². The molecule has 1 aromatic heterocycles. The Hall–Kier alpha value is -1.77. The molecule has 4 aliphatic rings. The lowest BCUT2D eigenvalue weighted by Gasteiger charge is -2.64. The fourth-order valence-electron chi connectivity index (χ4n) is 6.85. The Morgan fingerprint density at radius 1 is 1.19 bits per heavy atom. The van der Waals surface area contributed by atoms with Crippen molar-refractivity contribution in [2.75, 3.05) is 6.61 Å². The first-order valence-electron chi connectivity index (χ1n) is 13.6. The highest BCUT2D eigenvalue weighted by Crippen LogP contribution is 2.65. The summed E-state index contributed by atoms with van der Waals surface area (Å²) < 4.78 is 18.7. The van der Waals surface area contributed by atoms with Gasteiger partial charge >= 0.3 is 13.1 Å². The van der Waals surface area contributed by atoms with Gasteiger partial charge in [-0.2, -0.15) is 0 Å². The average Bonchev–Trinajstić information content (AvgIpc) is 3.48. The number of esters is 1. The molecule has 3 aliphatic carbocycles. The molecule has 2 heterocycles. The molecule has 1 saturated heterocycles. The van der Waals surface area contributed by atoms with Crippen molar-refractivity contribution in [1.29, 1.82) is 0 Å². The molecule has 3 unspecified atom stereocenters. The minimum Gasteiger partial charge on any atom is -0.462 e. The molecule has 0 radical (unpaired) electrons. The lowest BCUT2D eigenvalue weighted by Crippen LogP contribution is -2.65. The van der Waals surface area contributed by atoms with Gasteiger partial charge in [-0.15, -0.1) is 21.5 Å². The first-order chi connectivity index (χ1) is 17.2. The molecule has 1 aliphatic heterocycles. The highest BCUT2D eigenvalue weighted by molar-refractivity contribution is 7.09. The lowest BCUT2D eigenvalue weighted by molar-refractivity contribution is -0.199. The van der Waals surface area contributed by atoms with Crippen LogP contribution >= 0.6 is 11.3 Å². The van der Waals surface area contributed by atoms with Crippen LogP contribution < -0.4 is 0 Å². The average molecular weight is 511 g/mol. The molecule has 6 rings (SSSR count). The summed E-state index contributed by atoms with van der Waals surface area (Å²) in [6.07, 6.45) is 7.54. The highest BCUT2D eigenvalue weighted by Gasteiger charge is 2.67. The van der Waals surface area contributed by atoms with Gasteiger partial charge in [-0.3, -0.25) is 0 Å². The minimum atomic E-state index is -0.219. The molecule has 194 valence electrons. The van der Waals surface area contributed by atoms with E-state index in [-0.39, 0.29) is 24.8 Å². The van der Waals surface area contributed by atoms with Crippen LogP contribution in [-0.4, -0.2) is 41.6 Å². The van der Waals surface area contributed by atoms with E-state index in [1.807, 2.05) is 0 Å². The molecule has 0 amide bonds. The van der Waals surface area contributed by atoms with E-state index in [0.29, 0.717) is 23.5 Å². The van der Waals surface area contributed by atoms with Crippen LogP contribution in [-0.2, 0) is 33.3 Å². The zero-order valence-corrected chi connectivity index (χ0v) is 23.2. The number of benzene rings is 1. The minimum absolute atomic E-state index is 0.180. The normalized spacial score (nSPS) is 28.0. The second-order valence-electron chi connectivity index (χ2n) is 11.6. The number of unbranched alkanes of at least 4 members (excludes halogenated alkanes) is 1. The summed E-state index contributed by atoms with van der Waals surface area (Å²) >= 11 is 1.55. The zero-order valence-electron chi connectivity index (χ0n) is 22.3. The Labute approximate surface area is 219 Å². The second kappa shape index (κ2) is 10.2. The molecule has 3 saturated carbocycles. The summed E-state index contributed by atoms with van der Waals surface area (Å²) in [5, 5.41) is 9.07. The fourth-order valence-corrected chi connectivity index (χ4v) is 7.38. The van der Waals surface area contributed by atoms with E-state index >= 15 is 0 Å². The number of carbonyl (C=O) groups excluding carboxylic acids is 1. The predicted octanol–water partition coefficient (Wildman–Crippen LogP) is 5.86. The maximum absolute atomic E-state index is 13.2. The van der Waals surface area contributed by atoms with Gasteiger partial charge in [-0.05, 0) is 86.2 Å². The summed E-state index contributed by atoms with van der Waals surface area (Å²) in [6.45, 7) is 11.7. The number of hydrogen-bond donors (Lipinski definition) is 0. The molecule has 2 bridgehead atoms. The van der Waals surface area contributed by atoms with Gasteiger partial charge < -0.3 is 14.0 Å². The van der Waals surface area contributed by atoms with Crippen molar-refractivity contribution in [1.82, 2.24) is 10.2 Å². The Kier molecular flexibility index (Phi) is 7.32. The standard InChI is InChI=1S/C28H39BN2O4S/c1-6-7-14-33-26(32)25-18(2)19(8-9-20(25)10-11-24-31-30-17-36-24)12-13-29-34-23-16-21-15-22(27(21,3)4)28(23,5)35-29/h8-9,17,21-23H,6-7,10-16H2,1-5H3/t21?,22?,23?,28-/m0/s1. The van der Waals surface area contributed by atoms with E-state index in [2.05, 4.69) is 56.9 Å². The van der Waals surface area contributed by atoms with E-state index in [1.165, 1.54) is 6.42 Å². The number of aromatic nitrogens is 2. The van der Waals surface area contributed by atoms with Crippen LogP contribution in [0.25, 0.3) is 0 Å². The van der Waals surface area contributed by atoms with E-state index in [4.69, 9.17) is 14.0 Å². The van der Waals surface area contributed by atoms with Gasteiger partial charge in [0.1, 0.15) is 10.5 Å². The summed E-state index contributed by atoms with van der Waals surface area (Å²) in [5.74, 6) is 1.10. The molecule has 6 nitrogen and oxygen atoms in total. The molecule has 4 fully saturated rings. The van der Waals surface area contributed by atoms with Gasteiger partial charge in [0.05, 0.1) is 23.9 Å². The van der Waals surface area contributed by atoms with Crippen molar-refractivity contribution in [3.63, 3.8) is 0 Å². The van der Waals surface area contributed by atoms with Crippen LogP contribution in [0.1, 0.15) is 85.4 Å². The Morgan fingerprint density at radius 3 is 2.72 bits per heavy atom. The smallest absolute Gasteiger partial charge is 0.457 e. The Balaban J connectivity index is 1.29. The number of carbonyl (C=O) groups is 1. The summed E-state index contributed by atoms with van der Waals surface area (Å²) in [5.41, 5.74) is 5.81. The monoisotopic (exact) mass is 510 g/mol. The molecule has 0 spiro atoms. The lowest BCUT2D eigenvalue weighted by atomic mass is 9.43. The third-order valence-corrected chi connectivity index (χ3v) is 10.0. The number of rotatable bonds is 10. The van der Waals surface area contributed by atoms with Gasteiger partial charge in [0.25, 0.3) is 0 Å². The van der Waals surface area contributed by atoms with Crippen LogP contribution in [0.4, 0.5) is 0 Å². The van der Waals surface area contributed by atoms with E-state index in [1.54, 1.807) is 16.8 Å². The topological polar surface area (TPSA) is 70.5 Å². The number of aryl methyl sites for hydroxylation is 3. The number of ether oxygens (including phenoxy) is 1. The third-order valence-electron chi connectivity index (χ3n) is 9.26. The third kappa shape index (κ3) is 4.65. The molecular weight excluding hydrogens is 471 g/mol. The van der Waals surface area contributed by atoms with Gasteiger partial charge in [0.2, 0.25) is 0 Å². The summed E-state index contributed by atoms with van der Waals surface area (Å²) in [4.78, 5) is 13.2. The van der Waals surface area contributed by atoms with Crippen molar-refractivity contribution in [3.8, 4) is 0 Å². The van der Waals surface area contributed by atoms with E-state index in [0.717, 1.165) is 72.5 Å². The Morgan fingerprint density at radius 2 is 2.00 bits per heavy atom. The molecule has 0 N–H and O–H groups in total. The largest absolute Gasteiger partial charge is 0.462 e. The molecule has 1 aromatic carbocycles. The van der Waals surface area contributed by atoms with E-state index in [9.17, 15) is 4.79 Å². The maximum Gasteiger partial charge on any atom is 0.457 e. The van der Waals surface area contributed by atoms with Crippen LogP contribution in [0.2, 0.25) is 6.32 Å². The van der Waals surface area contributed by atoms with E-state index < -0.39 is 0 Å². The summed E-state index contributed by atoms with van der Waals surface area (Å²) in [7, 11) is -0.188. The van der Waals surface area contributed by atoms with Crippen LogP contribution in [0, 0.1) is 24.2 Å². The molecule has 36 heavy (non-hydrogen) atoms. The van der Waals surface area contributed by atoms with Crippen molar-refractivity contribution in [2.24, 2.45) is 17.3 Å². The van der Waals surface area contributed by atoms with Crippen molar-refractivity contribution in [3.05, 3.63) is 44.9 Å². The molecule has 4 atom stereocenters. The number of nitrogens with zero attached hydrogens (tertiary/aromatic N) is 2. The molecule has 2 aromatic rings. The van der Waals surface area contributed by atoms with Gasteiger partial charge in [0, 0.05) is 6.42 Å². The SMILES string of the molecule is CCCCOC(=O)c1c(CCc2nncs2)ccc(CCB2OC3CC4CC(C4(C)C)[C@]3(C)O2)c1C. The second-order valence-corrected chi connectivity index (χ2v) is 12.6. The zero-order chi connectivity index (χ0) is 25.5. The highest BCUT2D eigenvalue weighted by atomic mass is 32.1. The first kappa shape index (κ1) is 25.9. The quantitative estimate of drug-likeness (QED) is 0.227. The maximum atomic E-state index is 13.2. The first-order valence-corrected chi connectivity index (χ1v) is 14.5. The number of hydrogen-bond acceptors (Lipinski definition) is 7.